The van der Waals surface area contributed by atoms with E-state index in [2.05, 4.69) is 16.6 Å². The molecule has 0 amide bonds. The zero-order valence-electron chi connectivity index (χ0n) is 21.7. The second-order valence-electron chi connectivity index (χ2n) is 9.24. The number of rotatable bonds is 12. The van der Waals surface area contributed by atoms with Crippen molar-refractivity contribution in [1.29, 1.82) is 0 Å². The number of allylic oxidation sites excluding steroid dienone is 1. The quantitative estimate of drug-likeness (QED) is 0.380. The number of hydrogen-bond donors (Lipinski definition) is 1. The van der Waals surface area contributed by atoms with Crippen LogP contribution in [0, 0.1) is 11.7 Å². The fourth-order valence-corrected chi connectivity index (χ4v) is 4.68. The van der Waals surface area contributed by atoms with E-state index in [1.54, 1.807) is 38.8 Å². The van der Waals surface area contributed by atoms with Gasteiger partial charge in [0.15, 0.2) is 5.84 Å². The van der Waals surface area contributed by atoms with Crippen LogP contribution < -0.4 is 15.4 Å². The molecule has 0 radical (unpaired) electrons. The van der Waals surface area contributed by atoms with Crippen LogP contribution in [0.25, 0.3) is 6.08 Å². The van der Waals surface area contributed by atoms with Gasteiger partial charge in [0.05, 0.1) is 12.8 Å². The average Bonchev–Trinajstić information content (AvgIpc) is 3.69. The van der Waals surface area contributed by atoms with E-state index in [0.29, 0.717) is 30.4 Å². The van der Waals surface area contributed by atoms with E-state index >= 15 is 0 Å². The average molecular weight is 507 g/mol. The third kappa shape index (κ3) is 5.64. The molecule has 8 heteroatoms. The highest BCUT2D eigenvalue weighted by Crippen LogP contribution is 2.53. The molecular weight excluding hydrogens is 471 g/mol. The first kappa shape index (κ1) is 26.3. The van der Waals surface area contributed by atoms with Gasteiger partial charge in [0.25, 0.3) is 0 Å². The Morgan fingerprint density at radius 1 is 1.24 bits per heavy atom. The third-order valence-corrected chi connectivity index (χ3v) is 6.52. The summed E-state index contributed by atoms with van der Waals surface area (Å²) in [6, 6.07) is 12.4. The van der Waals surface area contributed by atoms with E-state index in [0.717, 1.165) is 36.1 Å². The number of oxime groups is 1. The minimum Gasteiger partial charge on any atom is -0.495 e. The lowest BCUT2D eigenvalue weighted by molar-refractivity contribution is -0.124. The monoisotopic (exact) mass is 506 g/mol. The molecule has 196 valence electrons. The van der Waals surface area contributed by atoms with Gasteiger partial charge in [-0.1, -0.05) is 36.0 Å². The Hall–Kier alpha value is -3.78. The maximum Gasteiger partial charge on any atom is 0.240 e. The summed E-state index contributed by atoms with van der Waals surface area (Å²) in [4.78, 5) is 10.2. The number of halogens is 1. The molecule has 1 heterocycles. The van der Waals surface area contributed by atoms with E-state index in [1.807, 2.05) is 42.2 Å². The zero-order chi connectivity index (χ0) is 26.4. The first-order valence-electron chi connectivity index (χ1n) is 12.4. The minimum absolute atomic E-state index is 0.274. The fourth-order valence-electron chi connectivity index (χ4n) is 4.68. The molecule has 0 spiro atoms. The molecule has 1 fully saturated rings. The van der Waals surface area contributed by atoms with Gasteiger partial charge >= 0.3 is 0 Å². The van der Waals surface area contributed by atoms with Crippen molar-refractivity contribution in [3.8, 4) is 5.75 Å². The molecule has 2 N–H and O–H groups in total. The Morgan fingerprint density at radius 2 is 2.00 bits per heavy atom. The van der Waals surface area contributed by atoms with E-state index in [-0.39, 0.29) is 11.7 Å². The van der Waals surface area contributed by atoms with Crippen LogP contribution in [-0.4, -0.2) is 38.1 Å². The number of methoxy groups -OCH3 is 2. The topological polar surface area (TPSA) is 72.5 Å². The highest BCUT2D eigenvalue weighted by molar-refractivity contribution is 5.97. The molecule has 4 rings (SSSR count). The lowest BCUT2D eigenvalue weighted by Gasteiger charge is -2.38. The van der Waals surface area contributed by atoms with Crippen molar-refractivity contribution in [3.63, 3.8) is 0 Å². The predicted molar refractivity (Wildman–Crippen MR) is 145 cm³/mol. The maximum atomic E-state index is 13.7. The van der Waals surface area contributed by atoms with Gasteiger partial charge in [0, 0.05) is 49.8 Å². The van der Waals surface area contributed by atoms with Gasteiger partial charge in [0.1, 0.15) is 11.6 Å². The van der Waals surface area contributed by atoms with Gasteiger partial charge in [-0.2, -0.15) is 0 Å². The summed E-state index contributed by atoms with van der Waals surface area (Å²) >= 11 is 0. The van der Waals surface area contributed by atoms with Crippen molar-refractivity contribution in [2.24, 2.45) is 16.8 Å². The summed E-state index contributed by atoms with van der Waals surface area (Å²) in [6.45, 7) is 6.99. The predicted octanol–water partition coefficient (Wildman–Crippen LogP) is 5.56. The molecule has 2 aliphatic rings. The van der Waals surface area contributed by atoms with E-state index in [1.165, 1.54) is 12.1 Å². The summed E-state index contributed by atoms with van der Waals surface area (Å²) in [5.41, 5.74) is 8.43. The Kier molecular flexibility index (Phi) is 8.18. The number of nitrogens with zero attached hydrogens (tertiary/aromatic N) is 3. The molecule has 1 aliphatic carbocycles. The van der Waals surface area contributed by atoms with Gasteiger partial charge < -0.3 is 29.8 Å². The highest BCUT2D eigenvalue weighted by Gasteiger charge is 2.57. The van der Waals surface area contributed by atoms with Crippen molar-refractivity contribution in [1.82, 2.24) is 4.90 Å². The zero-order valence-corrected chi connectivity index (χ0v) is 21.7. The summed E-state index contributed by atoms with van der Waals surface area (Å²) < 4.78 is 24.7. The van der Waals surface area contributed by atoms with Crippen LogP contribution in [0.4, 0.5) is 10.1 Å². The third-order valence-electron chi connectivity index (χ3n) is 6.52. The first-order chi connectivity index (χ1) is 17.9. The van der Waals surface area contributed by atoms with Crippen LogP contribution in [0.2, 0.25) is 0 Å². The van der Waals surface area contributed by atoms with Gasteiger partial charge in [-0.15, -0.1) is 0 Å². The molecule has 1 atom stereocenters. The molecular formula is C29H35FN4O3. The molecule has 2 aromatic carbocycles. The van der Waals surface area contributed by atoms with Crippen LogP contribution in [0.3, 0.4) is 0 Å². The Labute approximate surface area is 218 Å². The summed E-state index contributed by atoms with van der Waals surface area (Å²) in [5, 5.41) is 4.51. The highest BCUT2D eigenvalue weighted by atomic mass is 19.1. The number of ether oxygens (including phenoxy) is 2. The normalized spacial score (nSPS) is 19.6. The van der Waals surface area contributed by atoms with Crippen molar-refractivity contribution in [3.05, 3.63) is 90.2 Å². The standard InChI is InChI=1S/C29H35FN4O3/c1-5-33(20-21(2)31)26-15-7-22(19-27(26)36-4)8-16-28-32-37-29(23-9-10-23,34(28)17-6-18-35-3)24-11-13-25(30)14-12-24/h5,7-8,11-16,19-20,23H,1,6,9-10,17-18,31H2,2-4H3/b16-8+,21-20-. The van der Waals surface area contributed by atoms with Crippen molar-refractivity contribution in [2.75, 3.05) is 32.3 Å². The van der Waals surface area contributed by atoms with Crippen LogP contribution in [0.5, 0.6) is 5.75 Å². The van der Waals surface area contributed by atoms with Crippen molar-refractivity contribution < 1.29 is 18.7 Å². The second-order valence-corrected chi connectivity index (χ2v) is 9.24. The van der Waals surface area contributed by atoms with Crippen LogP contribution in [0.15, 0.2) is 78.4 Å². The summed E-state index contributed by atoms with van der Waals surface area (Å²) in [7, 11) is 3.32. The molecule has 0 bridgehead atoms. The lowest BCUT2D eigenvalue weighted by atomic mass is 9.95. The van der Waals surface area contributed by atoms with Gasteiger partial charge in [-0.05, 0) is 62.1 Å². The van der Waals surface area contributed by atoms with Crippen LogP contribution >= 0.6 is 0 Å². The number of amidine groups is 1. The fraction of sp³-hybridized carbons (Fsp3) is 0.345. The maximum absolute atomic E-state index is 13.7. The second kappa shape index (κ2) is 11.5. The molecule has 1 unspecified atom stereocenters. The Balaban J connectivity index is 1.63. The van der Waals surface area contributed by atoms with Crippen LogP contribution in [0.1, 0.15) is 37.3 Å². The van der Waals surface area contributed by atoms with Crippen molar-refractivity contribution in [2.45, 2.75) is 31.9 Å². The molecule has 2 aromatic rings. The molecule has 0 aromatic heterocycles. The number of hydrogen-bond acceptors (Lipinski definition) is 7. The molecule has 37 heavy (non-hydrogen) atoms. The van der Waals surface area contributed by atoms with Gasteiger partial charge in [0.2, 0.25) is 5.72 Å². The molecule has 7 nitrogen and oxygen atoms in total. The molecule has 1 aliphatic heterocycles. The lowest BCUT2D eigenvalue weighted by Crippen LogP contribution is -2.48. The van der Waals surface area contributed by atoms with E-state index < -0.39 is 5.72 Å². The van der Waals surface area contributed by atoms with Crippen molar-refractivity contribution >= 4 is 17.6 Å². The Morgan fingerprint density at radius 3 is 2.62 bits per heavy atom. The SMILES string of the molecule is C=CN(/C=C(/C)N)c1ccc(/C=C/C2=NOC(c3ccc(F)cc3)(C3CC3)N2CCCOC)cc1OC. The number of benzene rings is 2. The van der Waals surface area contributed by atoms with Gasteiger partial charge in [-0.25, -0.2) is 4.39 Å². The Bertz CT molecular complexity index is 1190. The smallest absolute Gasteiger partial charge is 0.240 e. The van der Waals surface area contributed by atoms with E-state index in [9.17, 15) is 4.39 Å². The van der Waals surface area contributed by atoms with Crippen LogP contribution in [-0.2, 0) is 15.3 Å². The summed E-state index contributed by atoms with van der Waals surface area (Å²) in [5.74, 6) is 1.40. The number of anilines is 1. The summed E-state index contributed by atoms with van der Waals surface area (Å²) in [6.07, 6.45) is 10.3. The van der Waals surface area contributed by atoms with Gasteiger partial charge in [-0.3, -0.25) is 0 Å². The van der Waals surface area contributed by atoms with E-state index in [4.69, 9.17) is 20.0 Å². The number of nitrogens with two attached hydrogens (primary N) is 1. The molecule has 0 saturated heterocycles. The largest absolute Gasteiger partial charge is 0.495 e. The molecule has 1 saturated carbocycles. The first-order valence-corrected chi connectivity index (χ1v) is 12.4. The minimum atomic E-state index is -0.750.